The number of nitrogens with one attached hydrogen (secondary N) is 1. The van der Waals surface area contributed by atoms with Gasteiger partial charge in [0.2, 0.25) is 5.91 Å². The van der Waals surface area contributed by atoms with Gasteiger partial charge in [0.1, 0.15) is 23.6 Å². The van der Waals surface area contributed by atoms with Crippen LogP contribution in [-0.2, 0) is 11.3 Å². The third-order valence-corrected chi connectivity index (χ3v) is 7.28. The normalized spacial score (nSPS) is 18.0. The molecule has 4 rings (SSSR count). The summed E-state index contributed by atoms with van der Waals surface area (Å²) in [5, 5.41) is 16.8. The number of alkyl halides is 1. The Hall–Kier alpha value is -3.31. The standard InChI is InChI=1S/C30H37F4N5O2/c1-30(2,3)27(38(26(41)9-4-5-12-40)18-20-15-35-16-25(20)34)29-36-28(23-14-22(32)10-11-24(23)33)37-39(29)17-19-7-6-8-21(31)13-19/h6-8,10-11,13-14,20,25,27,35,40H,4-5,9,12,15-18H2,1-3H3/t20-,25-,27-/m0/s1. The number of amides is 1. The zero-order valence-electron chi connectivity index (χ0n) is 23.6. The molecule has 2 N–H and O–H groups in total. The lowest BCUT2D eigenvalue weighted by atomic mass is 9.84. The molecule has 1 aliphatic heterocycles. The summed E-state index contributed by atoms with van der Waals surface area (Å²) in [5.74, 6) is -2.32. The molecule has 3 aromatic rings. The number of carbonyl (C=O) groups excluding carboxylic acids is 1. The monoisotopic (exact) mass is 575 g/mol. The summed E-state index contributed by atoms with van der Waals surface area (Å²) in [6, 6.07) is 8.16. The minimum absolute atomic E-state index is 0.0485. The fraction of sp³-hybridized carbons (Fsp3) is 0.500. The van der Waals surface area contributed by atoms with E-state index in [0.717, 1.165) is 18.2 Å². The van der Waals surface area contributed by atoms with Crippen molar-refractivity contribution in [3.8, 4) is 11.4 Å². The second-order valence-electron chi connectivity index (χ2n) is 11.6. The van der Waals surface area contributed by atoms with Crippen LogP contribution in [0.5, 0.6) is 0 Å². The maximum atomic E-state index is 14.8. The van der Waals surface area contributed by atoms with Gasteiger partial charge in [-0.15, -0.1) is 0 Å². The molecular formula is C30H37F4N5O2. The van der Waals surface area contributed by atoms with Crippen LogP contribution in [0.4, 0.5) is 17.6 Å². The molecule has 0 spiro atoms. The Morgan fingerprint density at radius 1 is 1.12 bits per heavy atom. The van der Waals surface area contributed by atoms with E-state index < -0.39 is 41.0 Å². The number of nitrogens with zero attached hydrogens (tertiary/aromatic N) is 4. The Kier molecular flexibility index (Phi) is 9.80. The second kappa shape index (κ2) is 13.1. The van der Waals surface area contributed by atoms with Crippen LogP contribution in [-0.4, -0.2) is 63.1 Å². The van der Waals surface area contributed by atoms with Gasteiger partial charge in [-0.3, -0.25) is 4.79 Å². The van der Waals surface area contributed by atoms with Crippen molar-refractivity contribution in [2.24, 2.45) is 11.3 Å². The van der Waals surface area contributed by atoms with Gasteiger partial charge in [-0.25, -0.2) is 27.2 Å². The van der Waals surface area contributed by atoms with E-state index in [0.29, 0.717) is 24.9 Å². The Morgan fingerprint density at radius 3 is 2.54 bits per heavy atom. The van der Waals surface area contributed by atoms with Crippen LogP contribution >= 0.6 is 0 Å². The van der Waals surface area contributed by atoms with E-state index in [9.17, 15) is 27.5 Å². The van der Waals surface area contributed by atoms with Crippen LogP contribution in [0.25, 0.3) is 11.4 Å². The van der Waals surface area contributed by atoms with Crippen molar-refractivity contribution in [2.45, 2.75) is 58.8 Å². The molecule has 0 saturated carbocycles. The molecular weight excluding hydrogens is 538 g/mol. The number of benzene rings is 2. The molecule has 41 heavy (non-hydrogen) atoms. The summed E-state index contributed by atoms with van der Waals surface area (Å²) in [5.41, 5.74) is -0.254. The lowest BCUT2D eigenvalue weighted by Crippen LogP contribution is -2.46. The van der Waals surface area contributed by atoms with Gasteiger partial charge in [0, 0.05) is 38.6 Å². The fourth-order valence-corrected chi connectivity index (χ4v) is 5.27. The molecule has 1 aliphatic rings. The summed E-state index contributed by atoms with van der Waals surface area (Å²) in [7, 11) is 0. The third-order valence-electron chi connectivity index (χ3n) is 7.28. The fourth-order valence-electron chi connectivity index (χ4n) is 5.27. The molecule has 0 unspecified atom stereocenters. The van der Waals surface area contributed by atoms with Crippen molar-refractivity contribution in [1.82, 2.24) is 25.0 Å². The molecule has 0 aliphatic carbocycles. The van der Waals surface area contributed by atoms with Crippen LogP contribution in [0.2, 0.25) is 0 Å². The van der Waals surface area contributed by atoms with Gasteiger partial charge in [0.05, 0.1) is 18.2 Å². The number of halogens is 4. The molecule has 0 bridgehead atoms. The molecule has 1 fully saturated rings. The van der Waals surface area contributed by atoms with Gasteiger partial charge in [0.15, 0.2) is 11.6 Å². The molecule has 222 valence electrons. The second-order valence-corrected chi connectivity index (χ2v) is 11.6. The number of rotatable bonds is 11. The van der Waals surface area contributed by atoms with E-state index in [1.165, 1.54) is 16.8 Å². The van der Waals surface area contributed by atoms with Crippen molar-refractivity contribution in [1.29, 1.82) is 0 Å². The Labute approximate surface area is 237 Å². The SMILES string of the molecule is CC(C)(C)[C@H](c1nc(-c2cc(F)ccc2F)nn1Cc1cccc(F)c1)N(C[C@@H]1CNC[C@@H]1F)C(=O)CCCCO. The lowest BCUT2D eigenvalue weighted by molar-refractivity contribution is -0.138. The predicted octanol–water partition coefficient (Wildman–Crippen LogP) is 5.05. The first-order chi connectivity index (χ1) is 19.5. The summed E-state index contributed by atoms with van der Waals surface area (Å²) in [6.45, 7) is 6.42. The van der Waals surface area contributed by atoms with E-state index >= 15 is 0 Å². The van der Waals surface area contributed by atoms with Crippen LogP contribution in [0.1, 0.15) is 57.5 Å². The van der Waals surface area contributed by atoms with Gasteiger partial charge < -0.3 is 15.3 Å². The summed E-state index contributed by atoms with van der Waals surface area (Å²) in [4.78, 5) is 20.0. The smallest absolute Gasteiger partial charge is 0.223 e. The van der Waals surface area contributed by atoms with Gasteiger partial charge in [-0.05, 0) is 54.2 Å². The first kappa shape index (κ1) is 30.6. The highest BCUT2D eigenvalue weighted by Gasteiger charge is 2.41. The number of carbonyl (C=O) groups is 1. The highest BCUT2D eigenvalue weighted by atomic mass is 19.1. The minimum Gasteiger partial charge on any atom is -0.396 e. The van der Waals surface area contributed by atoms with Gasteiger partial charge in [0.25, 0.3) is 0 Å². The third kappa shape index (κ3) is 7.51. The van der Waals surface area contributed by atoms with Crippen LogP contribution in [0, 0.1) is 28.8 Å². The number of hydrogen-bond acceptors (Lipinski definition) is 5. The summed E-state index contributed by atoms with van der Waals surface area (Å²) in [6.07, 6.45) is -0.131. The Bertz CT molecular complexity index is 1340. The van der Waals surface area contributed by atoms with Crippen LogP contribution in [0.3, 0.4) is 0 Å². The molecule has 1 aromatic heterocycles. The number of unbranched alkanes of at least 4 members (excludes halogenated alkanes) is 1. The van der Waals surface area contributed by atoms with Gasteiger partial charge >= 0.3 is 0 Å². The van der Waals surface area contributed by atoms with Crippen molar-refractivity contribution < 1.29 is 27.5 Å². The summed E-state index contributed by atoms with van der Waals surface area (Å²) >= 11 is 0. The van der Waals surface area contributed by atoms with Crippen molar-refractivity contribution in [3.05, 3.63) is 71.3 Å². The highest BCUT2D eigenvalue weighted by molar-refractivity contribution is 5.76. The zero-order chi connectivity index (χ0) is 29.7. The molecule has 0 radical (unpaired) electrons. The Morgan fingerprint density at radius 2 is 1.88 bits per heavy atom. The zero-order valence-corrected chi connectivity index (χ0v) is 23.6. The highest BCUT2D eigenvalue weighted by Crippen LogP contribution is 2.40. The molecule has 3 atom stereocenters. The first-order valence-electron chi connectivity index (χ1n) is 13.9. The molecule has 2 aromatic carbocycles. The number of hydrogen-bond donors (Lipinski definition) is 2. The topological polar surface area (TPSA) is 83.3 Å². The van der Waals surface area contributed by atoms with Crippen molar-refractivity contribution >= 4 is 5.91 Å². The van der Waals surface area contributed by atoms with Gasteiger partial charge in [-0.2, -0.15) is 5.10 Å². The van der Waals surface area contributed by atoms with E-state index in [1.54, 1.807) is 17.0 Å². The minimum atomic E-state index is -1.15. The molecule has 11 heteroatoms. The maximum Gasteiger partial charge on any atom is 0.223 e. The summed E-state index contributed by atoms with van der Waals surface area (Å²) < 4.78 is 59.4. The van der Waals surface area contributed by atoms with Gasteiger partial charge in [-0.1, -0.05) is 32.9 Å². The average Bonchev–Trinajstić information content (AvgIpc) is 3.50. The molecule has 2 heterocycles. The average molecular weight is 576 g/mol. The molecule has 7 nitrogen and oxygen atoms in total. The van der Waals surface area contributed by atoms with Crippen LogP contribution in [0.15, 0.2) is 42.5 Å². The Balaban J connectivity index is 1.85. The van der Waals surface area contributed by atoms with E-state index in [-0.39, 0.29) is 55.8 Å². The predicted molar refractivity (Wildman–Crippen MR) is 147 cm³/mol. The largest absolute Gasteiger partial charge is 0.396 e. The number of aromatic nitrogens is 3. The van der Waals surface area contributed by atoms with E-state index in [1.807, 2.05) is 20.8 Å². The number of aliphatic hydroxyl groups excluding tert-OH is 1. The first-order valence-corrected chi connectivity index (χ1v) is 13.9. The van der Waals surface area contributed by atoms with E-state index in [2.05, 4.69) is 15.4 Å². The van der Waals surface area contributed by atoms with Crippen LogP contribution < -0.4 is 5.32 Å². The molecule has 1 saturated heterocycles. The van der Waals surface area contributed by atoms with Crippen molar-refractivity contribution in [2.75, 3.05) is 26.2 Å². The lowest BCUT2D eigenvalue weighted by Gasteiger charge is -2.41. The quantitative estimate of drug-likeness (QED) is 0.247. The maximum absolute atomic E-state index is 14.8. The van der Waals surface area contributed by atoms with E-state index in [4.69, 9.17) is 0 Å². The van der Waals surface area contributed by atoms with Crippen molar-refractivity contribution in [3.63, 3.8) is 0 Å². The molecule has 1 amide bonds. The number of aliphatic hydroxyl groups is 1.